The van der Waals surface area contributed by atoms with Crippen LogP contribution >= 0.6 is 0 Å². The molecular formula is C30H44O5. The lowest BCUT2D eigenvalue weighted by molar-refractivity contribution is -0.221. The van der Waals surface area contributed by atoms with Crippen molar-refractivity contribution in [2.75, 3.05) is 0 Å². The lowest BCUT2D eigenvalue weighted by Gasteiger charge is -2.61. The van der Waals surface area contributed by atoms with Crippen LogP contribution in [0.3, 0.4) is 0 Å². The summed E-state index contributed by atoms with van der Waals surface area (Å²) in [6.07, 6.45) is 13.4. The summed E-state index contributed by atoms with van der Waals surface area (Å²) in [5.41, 5.74) is -0.708. The van der Waals surface area contributed by atoms with E-state index >= 15 is 0 Å². The highest BCUT2D eigenvalue weighted by molar-refractivity contribution is 5.87. The van der Waals surface area contributed by atoms with Gasteiger partial charge in [0.15, 0.2) is 0 Å². The first-order chi connectivity index (χ1) is 16.5. The standard InChI is InChI=1S/C16H24O2.C14H20O3/c1-4-15(17)18-16(10(2)3)13-6-11-5-12(8-13)9-14(16)7-11;1-9(2)12(15)17-14-6-10-3-11(7-14)5-13(16,4-10)8-14/h4,10-14H,1,5-9H2,2-3H3;10-11,16H,1,3-8H2,2H3. The first-order valence-electron chi connectivity index (χ1n) is 13.9. The van der Waals surface area contributed by atoms with Crippen LogP contribution in [0.15, 0.2) is 24.8 Å². The van der Waals surface area contributed by atoms with E-state index in [1.165, 1.54) is 44.6 Å². The van der Waals surface area contributed by atoms with Gasteiger partial charge in [-0.2, -0.15) is 0 Å². The Kier molecular flexibility index (Phi) is 6.26. The summed E-state index contributed by atoms with van der Waals surface area (Å²) in [5, 5.41) is 10.5. The fourth-order valence-corrected chi connectivity index (χ4v) is 9.90. The maximum absolute atomic E-state index is 11.8. The number of esters is 2. The summed E-state index contributed by atoms with van der Waals surface area (Å²) in [5.74, 6) is 3.97. The molecule has 0 aromatic carbocycles. The van der Waals surface area contributed by atoms with Gasteiger partial charge in [-0.1, -0.05) is 27.0 Å². The molecule has 5 nitrogen and oxygen atoms in total. The second-order valence-corrected chi connectivity index (χ2v) is 13.5. The minimum Gasteiger partial charge on any atom is -0.456 e. The first-order valence-corrected chi connectivity index (χ1v) is 13.9. The van der Waals surface area contributed by atoms with Gasteiger partial charge < -0.3 is 14.6 Å². The summed E-state index contributed by atoms with van der Waals surface area (Å²) < 4.78 is 11.6. The van der Waals surface area contributed by atoms with E-state index in [2.05, 4.69) is 27.0 Å². The minimum atomic E-state index is -0.570. The van der Waals surface area contributed by atoms with Crippen LogP contribution in [0.1, 0.15) is 91.4 Å². The smallest absolute Gasteiger partial charge is 0.333 e. The molecule has 8 saturated carbocycles. The third-order valence-electron chi connectivity index (χ3n) is 10.4. The fraction of sp³-hybridized carbons (Fsp3) is 0.800. The lowest BCUT2D eigenvalue weighted by Crippen LogP contribution is -2.62. The molecule has 0 heterocycles. The van der Waals surface area contributed by atoms with Gasteiger partial charge >= 0.3 is 11.9 Å². The van der Waals surface area contributed by atoms with Crippen molar-refractivity contribution in [1.29, 1.82) is 0 Å². The van der Waals surface area contributed by atoms with Crippen molar-refractivity contribution in [3.63, 3.8) is 0 Å². The molecule has 0 aromatic rings. The number of carbonyl (C=O) groups excluding carboxylic acids is 2. The van der Waals surface area contributed by atoms with Gasteiger partial charge in [0.05, 0.1) is 5.60 Å². The molecule has 1 N–H and O–H groups in total. The molecule has 0 radical (unpaired) electrons. The maximum atomic E-state index is 11.8. The van der Waals surface area contributed by atoms with Crippen molar-refractivity contribution in [3.8, 4) is 0 Å². The van der Waals surface area contributed by atoms with E-state index in [1.807, 2.05) is 0 Å². The van der Waals surface area contributed by atoms with Crippen LogP contribution < -0.4 is 0 Å². The summed E-state index contributed by atoms with van der Waals surface area (Å²) in [6.45, 7) is 13.3. The number of hydrogen-bond donors (Lipinski definition) is 1. The van der Waals surface area contributed by atoms with E-state index in [1.54, 1.807) is 6.92 Å². The van der Waals surface area contributed by atoms with E-state index in [4.69, 9.17) is 9.47 Å². The highest BCUT2D eigenvalue weighted by atomic mass is 16.6. The Labute approximate surface area is 210 Å². The highest BCUT2D eigenvalue weighted by Crippen LogP contribution is 2.62. The molecule has 5 heteroatoms. The normalized spacial score (nSPS) is 46.1. The molecule has 0 spiro atoms. The van der Waals surface area contributed by atoms with Crippen LogP contribution in [0.4, 0.5) is 0 Å². The topological polar surface area (TPSA) is 72.8 Å². The van der Waals surface area contributed by atoms with E-state index in [-0.39, 0.29) is 17.5 Å². The number of ether oxygens (including phenoxy) is 2. The summed E-state index contributed by atoms with van der Waals surface area (Å²) >= 11 is 0. The highest BCUT2D eigenvalue weighted by Gasteiger charge is 2.61. The predicted molar refractivity (Wildman–Crippen MR) is 134 cm³/mol. The largest absolute Gasteiger partial charge is 0.456 e. The van der Waals surface area contributed by atoms with E-state index < -0.39 is 11.2 Å². The Morgan fingerprint density at radius 2 is 1.40 bits per heavy atom. The zero-order valence-corrected chi connectivity index (χ0v) is 21.9. The van der Waals surface area contributed by atoms with Gasteiger partial charge in [-0.3, -0.25) is 0 Å². The molecular weight excluding hydrogens is 440 g/mol. The Morgan fingerprint density at radius 3 is 1.83 bits per heavy atom. The summed E-state index contributed by atoms with van der Waals surface area (Å²) in [7, 11) is 0. The van der Waals surface area contributed by atoms with Gasteiger partial charge in [0, 0.05) is 18.1 Å². The van der Waals surface area contributed by atoms with Gasteiger partial charge in [-0.25, -0.2) is 9.59 Å². The van der Waals surface area contributed by atoms with Gasteiger partial charge in [0.25, 0.3) is 0 Å². The molecule has 0 amide bonds. The molecule has 2 atom stereocenters. The van der Waals surface area contributed by atoms with E-state index in [9.17, 15) is 14.7 Å². The number of rotatable bonds is 5. The fourth-order valence-electron chi connectivity index (χ4n) is 9.90. The van der Waals surface area contributed by atoms with Crippen molar-refractivity contribution in [2.45, 2.75) is 108 Å². The average molecular weight is 485 g/mol. The molecule has 0 aliphatic heterocycles. The number of hydrogen-bond acceptors (Lipinski definition) is 5. The quantitative estimate of drug-likeness (QED) is 0.397. The molecule has 8 aliphatic carbocycles. The SMILES string of the molecule is C=C(C)C(=O)OC12CC3CC(CC(O)(C3)C1)C2.C=CC(=O)OC1(C(C)C)C2CC3CC(C2)CC1C3. The van der Waals surface area contributed by atoms with Crippen molar-refractivity contribution < 1.29 is 24.2 Å². The van der Waals surface area contributed by atoms with E-state index in [0.29, 0.717) is 41.6 Å². The van der Waals surface area contributed by atoms with Gasteiger partial charge in [-0.05, 0) is 113 Å². The minimum absolute atomic E-state index is 0.196. The molecule has 0 aromatic heterocycles. The molecule has 2 unspecified atom stereocenters. The lowest BCUT2D eigenvalue weighted by atomic mass is 9.47. The van der Waals surface area contributed by atoms with Crippen LogP contribution in [-0.2, 0) is 19.1 Å². The van der Waals surface area contributed by atoms with Crippen LogP contribution in [0.2, 0.25) is 0 Å². The molecule has 8 aliphatic rings. The van der Waals surface area contributed by atoms with E-state index in [0.717, 1.165) is 37.5 Å². The number of carbonyl (C=O) groups is 2. The zero-order chi connectivity index (χ0) is 25.2. The average Bonchev–Trinajstić information content (AvgIpc) is 2.73. The van der Waals surface area contributed by atoms with Crippen molar-refractivity contribution in [2.24, 2.45) is 41.4 Å². The monoisotopic (exact) mass is 484 g/mol. The molecule has 194 valence electrons. The second-order valence-electron chi connectivity index (χ2n) is 13.5. The Bertz CT molecular complexity index is 858. The molecule has 35 heavy (non-hydrogen) atoms. The predicted octanol–water partition coefficient (Wildman–Crippen LogP) is 5.76. The van der Waals surface area contributed by atoms with Crippen LogP contribution in [0.5, 0.6) is 0 Å². The number of aliphatic hydroxyl groups is 1. The van der Waals surface area contributed by atoms with Crippen molar-refractivity contribution in [3.05, 3.63) is 24.8 Å². The Balaban J connectivity index is 0.000000145. The molecule has 0 saturated heterocycles. The van der Waals surface area contributed by atoms with Crippen LogP contribution in [-0.4, -0.2) is 33.8 Å². The van der Waals surface area contributed by atoms with Gasteiger partial charge in [0.2, 0.25) is 0 Å². The molecule has 8 rings (SSSR count). The van der Waals surface area contributed by atoms with Gasteiger partial charge in [0.1, 0.15) is 11.2 Å². The Hall–Kier alpha value is -1.62. The zero-order valence-electron chi connectivity index (χ0n) is 21.9. The molecule has 8 fully saturated rings. The summed E-state index contributed by atoms with van der Waals surface area (Å²) in [4.78, 5) is 23.5. The third-order valence-corrected chi connectivity index (χ3v) is 10.4. The Morgan fingerprint density at radius 1 is 0.886 bits per heavy atom. The van der Waals surface area contributed by atoms with Crippen molar-refractivity contribution >= 4 is 11.9 Å². The molecule has 8 bridgehead atoms. The second kappa shape index (κ2) is 8.75. The third kappa shape index (κ3) is 4.40. The van der Waals surface area contributed by atoms with Crippen molar-refractivity contribution in [1.82, 2.24) is 0 Å². The van der Waals surface area contributed by atoms with Gasteiger partial charge in [-0.15, -0.1) is 0 Å². The summed E-state index contributed by atoms with van der Waals surface area (Å²) in [6, 6.07) is 0. The van der Waals surface area contributed by atoms with Crippen LogP contribution in [0, 0.1) is 41.4 Å². The van der Waals surface area contributed by atoms with Crippen LogP contribution in [0.25, 0.3) is 0 Å². The maximum Gasteiger partial charge on any atom is 0.333 e. The first kappa shape index (κ1) is 25.0.